The van der Waals surface area contributed by atoms with Gasteiger partial charge < -0.3 is 14.2 Å². The zero-order valence-electron chi connectivity index (χ0n) is 19.1. The second kappa shape index (κ2) is 11.9. The van der Waals surface area contributed by atoms with E-state index in [4.69, 9.17) is 14.2 Å². The predicted octanol–water partition coefficient (Wildman–Crippen LogP) is 4.37. The van der Waals surface area contributed by atoms with Crippen LogP contribution in [0, 0.1) is 6.92 Å². The van der Waals surface area contributed by atoms with E-state index < -0.39 is 17.9 Å². The van der Waals surface area contributed by atoms with Crippen LogP contribution in [0.4, 0.5) is 10.5 Å². The zero-order chi connectivity index (χ0) is 23.6. The second-order valence-corrected chi connectivity index (χ2v) is 7.25. The van der Waals surface area contributed by atoms with Gasteiger partial charge in [-0.05, 0) is 31.9 Å². The minimum Gasteiger partial charge on any atom is -0.444 e. The Labute approximate surface area is 193 Å². The number of aromatic nitrogens is 2. The Hall–Kier alpha value is -3.49. The van der Waals surface area contributed by atoms with E-state index in [1.54, 1.807) is 0 Å². The van der Waals surface area contributed by atoms with Gasteiger partial charge in [0.15, 0.2) is 6.29 Å². The molecule has 0 atom stereocenters. The summed E-state index contributed by atoms with van der Waals surface area (Å²) in [6.07, 6.45) is -0.0255. The standard InChI is InChI=1S/C25H29N3O5/c1-4-31-22(32-5-2)16-28-23(20-14-10-9-11-18(20)3)26-15-21(24(28)29)27-25(30)33-17-19-12-7-6-8-13-19/h6-15,22H,4-5,16-17H2,1-3H3,(H,27,30). The topological polar surface area (TPSA) is 91.7 Å². The predicted molar refractivity (Wildman–Crippen MR) is 126 cm³/mol. The number of hydrogen-bond acceptors (Lipinski definition) is 6. The van der Waals surface area contributed by atoms with E-state index in [0.29, 0.717) is 19.0 Å². The molecule has 1 N–H and O–H groups in total. The highest BCUT2D eigenvalue weighted by Gasteiger charge is 2.19. The third-order valence-corrected chi connectivity index (χ3v) is 4.92. The number of rotatable bonds is 10. The Morgan fingerprint density at radius 2 is 1.70 bits per heavy atom. The monoisotopic (exact) mass is 451 g/mol. The maximum absolute atomic E-state index is 13.4. The quantitative estimate of drug-likeness (QED) is 0.461. The third-order valence-electron chi connectivity index (χ3n) is 4.92. The fourth-order valence-corrected chi connectivity index (χ4v) is 3.33. The molecule has 0 saturated carbocycles. The number of nitrogens with zero attached hydrogens (tertiary/aromatic N) is 2. The van der Waals surface area contributed by atoms with Gasteiger partial charge in [-0.1, -0.05) is 54.6 Å². The molecule has 0 aliphatic heterocycles. The summed E-state index contributed by atoms with van der Waals surface area (Å²) in [5, 5.41) is 2.51. The highest BCUT2D eigenvalue weighted by atomic mass is 16.7. The lowest BCUT2D eigenvalue weighted by molar-refractivity contribution is -0.143. The molecule has 0 aliphatic carbocycles. The van der Waals surface area contributed by atoms with Gasteiger partial charge in [0, 0.05) is 18.8 Å². The van der Waals surface area contributed by atoms with Crippen molar-refractivity contribution in [1.29, 1.82) is 0 Å². The first-order chi connectivity index (χ1) is 16.0. The summed E-state index contributed by atoms with van der Waals surface area (Å²) in [6.45, 7) is 6.72. The fraction of sp³-hybridized carbons (Fsp3) is 0.320. The van der Waals surface area contributed by atoms with Gasteiger partial charge in [0.1, 0.15) is 18.1 Å². The van der Waals surface area contributed by atoms with Gasteiger partial charge >= 0.3 is 6.09 Å². The van der Waals surface area contributed by atoms with Crippen molar-refractivity contribution < 1.29 is 19.0 Å². The van der Waals surface area contributed by atoms with Crippen molar-refractivity contribution in [1.82, 2.24) is 9.55 Å². The number of anilines is 1. The zero-order valence-corrected chi connectivity index (χ0v) is 19.1. The van der Waals surface area contributed by atoms with Crippen LogP contribution in [0.3, 0.4) is 0 Å². The molecule has 0 unspecified atom stereocenters. The summed E-state index contributed by atoms with van der Waals surface area (Å²) >= 11 is 0. The first-order valence-corrected chi connectivity index (χ1v) is 10.9. The average molecular weight is 452 g/mol. The molecule has 8 heteroatoms. The lowest BCUT2D eigenvalue weighted by atomic mass is 10.1. The van der Waals surface area contributed by atoms with Crippen LogP contribution in [0.5, 0.6) is 0 Å². The van der Waals surface area contributed by atoms with Crippen molar-refractivity contribution in [2.75, 3.05) is 18.5 Å². The Kier molecular flexibility index (Phi) is 8.74. The molecule has 0 bridgehead atoms. The van der Waals surface area contributed by atoms with Crippen LogP contribution in [-0.4, -0.2) is 35.1 Å². The molecule has 1 heterocycles. The number of amides is 1. The summed E-state index contributed by atoms with van der Waals surface area (Å²) in [7, 11) is 0. The van der Waals surface area contributed by atoms with Crippen LogP contribution in [0.1, 0.15) is 25.0 Å². The van der Waals surface area contributed by atoms with Gasteiger partial charge in [0.05, 0.1) is 12.7 Å². The maximum Gasteiger partial charge on any atom is 0.412 e. The molecule has 0 aliphatic rings. The van der Waals surface area contributed by atoms with Crippen LogP contribution in [0.15, 0.2) is 65.6 Å². The van der Waals surface area contributed by atoms with Crippen LogP contribution in [0.2, 0.25) is 0 Å². The number of ether oxygens (including phenoxy) is 3. The van der Waals surface area contributed by atoms with Gasteiger partial charge in [-0.25, -0.2) is 9.78 Å². The third kappa shape index (κ3) is 6.50. The molecule has 33 heavy (non-hydrogen) atoms. The highest BCUT2D eigenvalue weighted by Crippen LogP contribution is 2.21. The van der Waals surface area contributed by atoms with Gasteiger partial charge in [0.2, 0.25) is 0 Å². The van der Waals surface area contributed by atoms with Crippen LogP contribution < -0.4 is 10.9 Å². The molecule has 1 amide bonds. The molecule has 0 radical (unpaired) electrons. The Balaban J connectivity index is 1.90. The number of nitrogens with one attached hydrogen (secondary N) is 1. The fourth-order valence-electron chi connectivity index (χ4n) is 3.33. The Morgan fingerprint density at radius 3 is 2.36 bits per heavy atom. The van der Waals surface area contributed by atoms with E-state index in [0.717, 1.165) is 16.7 Å². The van der Waals surface area contributed by atoms with Crippen molar-refractivity contribution in [3.63, 3.8) is 0 Å². The van der Waals surface area contributed by atoms with E-state index in [9.17, 15) is 9.59 Å². The summed E-state index contributed by atoms with van der Waals surface area (Å²) in [4.78, 5) is 30.2. The van der Waals surface area contributed by atoms with Crippen LogP contribution >= 0.6 is 0 Å². The Morgan fingerprint density at radius 1 is 1.03 bits per heavy atom. The minimum atomic E-state index is -0.737. The lowest BCUT2D eigenvalue weighted by Crippen LogP contribution is -2.34. The highest BCUT2D eigenvalue weighted by molar-refractivity contribution is 5.84. The van der Waals surface area contributed by atoms with Gasteiger partial charge in [0.25, 0.3) is 5.56 Å². The van der Waals surface area contributed by atoms with E-state index in [1.165, 1.54) is 10.8 Å². The van der Waals surface area contributed by atoms with E-state index >= 15 is 0 Å². The van der Waals surface area contributed by atoms with E-state index in [-0.39, 0.29) is 18.8 Å². The number of carbonyl (C=O) groups is 1. The molecule has 8 nitrogen and oxygen atoms in total. The number of benzene rings is 2. The summed E-state index contributed by atoms with van der Waals surface area (Å²) in [6, 6.07) is 16.9. The van der Waals surface area contributed by atoms with Crippen molar-refractivity contribution in [3.05, 3.63) is 82.3 Å². The number of aryl methyl sites for hydroxylation is 1. The average Bonchev–Trinajstić information content (AvgIpc) is 2.82. The molecule has 2 aromatic carbocycles. The normalized spacial score (nSPS) is 10.9. The van der Waals surface area contributed by atoms with Crippen LogP contribution in [0.25, 0.3) is 11.4 Å². The molecule has 3 rings (SSSR count). The summed E-state index contributed by atoms with van der Waals surface area (Å²) < 4.78 is 18.0. The molecule has 0 saturated heterocycles. The maximum atomic E-state index is 13.4. The number of carbonyl (C=O) groups excluding carboxylic acids is 1. The molecule has 0 spiro atoms. The van der Waals surface area contributed by atoms with E-state index in [2.05, 4.69) is 10.3 Å². The SMILES string of the molecule is CCOC(Cn1c(-c2ccccc2C)ncc(NC(=O)OCc2ccccc2)c1=O)OCC. The first-order valence-electron chi connectivity index (χ1n) is 10.9. The van der Waals surface area contributed by atoms with Crippen molar-refractivity contribution >= 4 is 11.8 Å². The first kappa shape index (κ1) is 24.2. The molecule has 1 aromatic heterocycles. The van der Waals surface area contributed by atoms with Crippen LogP contribution in [-0.2, 0) is 27.4 Å². The second-order valence-electron chi connectivity index (χ2n) is 7.25. The van der Waals surface area contributed by atoms with Gasteiger partial charge in [-0.3, -0.25) is 14.7 Å². The van der Waals surface area contributed by atoms with Crippen molar-refractivity contribution in [2.24, 2.45) is 0 Å². The molecule has 174 valence electrons. The minimum absolute atomic E-state index is 0.0112. The molecular weight excluding hydrogens is 422 g/mol. The number of hydrogen-bond donors (Lipinski definition) is 1. The largest absolute Gasteiger partial charge is 0.444 e. The Bertz CT molecular complexity index is 1110. The molecule has 0 fully saturated rings. The van der Waals surface area contributed by atoms with Gasteiger partial charge in [-0.2, -0.15) is 0 Å². The van der Waals surface area contributed by atoms with Crippen molar-refractivity contribution in [3.8, 4) is 11.4 Å². The van der Waals surface area contributed by atoms with E-state index in [1.807, 2.05) is 75.4 Å². The molecular formula is C25H29N3O5. The van der Waals surface area contributed by atoms with Crippen molar-refractivity contribution in [2.45, 2.75) is 40.2 Å². The molecule has 3 aromatic rings. The summed E-state index contributed by atoms with van der Waals surface area (Å²) in [5.74, 6) is 0.464. The summed E-state index contributed by atoms with van der Waals surface area (Å²) in [5.41, 5.74) is 2.20. The lowest BCUT2D eigenvalue weighted by Gasteiger charge is -2.21. The smallest absolute Gasteiger partial charge is 0.412 e. The van der Waals surface area contributed by atoms with Gasteiger partial charge in [-0.15, -0.1) is 0 Å².